The lowest BCUT2D eigenvalue weighted by Crippen LogP contribution is -1.94. The number of hydrogen-bond donors (Lipinski definition) is 1. The van der Waals surface area contributed by atoms with Crippen molar-refractivity contribution in [2.45, 2.75) is 10.1 Å². The van der Waals surface area contributed by atoms with Gasteiger partial charge in [0.2, 0.25) is 0 Å². The van der Waals surface area contributed by atoms with E-state index in [1.165, 1.54) is 17.8 Å². The first kappa shape index (κ1) is 12.2. The summed E-state index contributed by atoms with van der Waals surface area (Å²) in [6.07, 6.45) is 1.77. The molecular weight excluding hydrogens is 280 g/mol. The molecule has 3 aromatic rings. The van der Waals surface area contributed by atoms with Crippen molar-refractivity contribution in [3.8, 4) is 0 Å². The lowest BCUT2D eigenvalue weighted by Gasteiger charge is -2.03. The molecule has 4 nitrogen and oxygen atoms in total. The Morgan fingerprint density at radius 3 is 2.84 bits per heavy atom. The number of nitrogen functional groups attached to an aromatic ring is 1. The fraction of sp³-hybridized carbons (Fsp3) is 0. The first-order valence-electron chi connectivity index (χ1n) is 5.53. The third-order valence-electron chi connectivity index (χ3n) is 2.48. The van der Waals surface area contributed by atoms with E-state index in [4.69, 9.17) is 17.3 Å². The predicted molar refractivity (Wildman–Crippen MR) is 77.3 cm³/mol. The first-order valence-corrected chi connectivity index (χ1v) is 6.73. The van der Waals surface area contributed by atoms with Gasteiger partial charge in [0.15, 0.2) is 5.16 Å². The van der Waals surface area contributed by atoms with Crippen molar-refractivity contribution in [1.82, 2.24) is 15.0 Å². The summed E-state index contributed by atoms with van der Waals surface area (Å²) < 4.78 is 0. The van der Waals surface area contributed by atoms with E-state index in [2.05, 4.69) is 15.0 Å². The van der Waals surface area contributed by atoms with E-state index in [0.29, 0.717) is 16.1 Å². The molecule has 2 N–H and O–H groups in total. The molecule has 3 rings (SSSR count). The minimum absolute atomic E-state index is 0.342. The molecule has 0 aliphatic heterocycles. The summed E-state index contributed by atoms with van der Waals surface area (Å²) in [4.78, 5) is 13.6. The number of fused-ring (bicyclic) bond motifs is 1. The van der Waals surface area contributed by atoms with Gasteiger partial charge in [-0.15, -0.1) is 0 Å². The van der Waals surface area contributed by atoms with Gasteiger partial charge in [0.1, 0.15) is 11.0 Å². The van der Waals surface area contributed by atoms with Gasteiger partial charge in [0, 0.05) is 22.5 Å². The smallest absolute Gasteiger partial charge is 0.195 e. The molecule has 0 fully saturated rings. The summed E-state index contributed by atoms with van der Waals surface area (Å²) in [5, 5.41) is 1.97. The van der Waals surface area contributed by atoms with Crippen LogP contribution in [0.4, 0.5) is 5.82 Å². The molecule has 0 bridgehead atoms. The molecule has 2 aromatic heterocycles. The van der Waals surface area contributed by atoms with E-state index >= 15 is 0 Å². The highest BCUT2D eigenvalue weighted by Crippen LogP contribution is 2.28. The van der Waals surface area contributed by atoms with Crippen LogP contribution in [0.15, 0.2) is 52.6 Å². The van der Waals surface area contributed by atoms with Crippen LogP contribution in [0, 0.1) is 0 Å². The number of aromatic nitrogens is 3. The van der Waals surface area contributed by atoms with Crippen LogP contribution in [0.25, 0.3) is 10.9 Å². The Balaban J connectivity index is 1.96. The van der Waals surface area contributed by atoms with E-state index in [0.717, 1.165) is 15.8 Å². The maximum absolute atomic E-state index is 5.85. The molecule has 19 heavy (non-hydrogen) atoms. The minimum atomic E-state index is 0.342. The molecule has 0 aliphatic carbocycles. The molecule has 2 heterocycles. The summed E-state index contributed by atoms with van der Waals surface area (Å²) >= 11 is 7.26. The van der Waals surface area contributed by atoms with Crippen molar-refractivity contribution in [3.05, 3.63) is 47.7 Å². The van der Waals surface area contributed by atoms with Crippen LogP contribution in [0.3, 0.4) is 0 Å². The van der Waals surface area contributed by atoms with Gasteiger partial charge in [0.25, 0.3) is 0 Å². The normalized spacial score (nSPS) is 10.8. The topological polar surface area (TPSA) is 64.7 Å². The van der Waals surface area contributed by atoms with Crippen molar-refractivity contribution in [1.29, 1.82) is 0 Å². The Kier molecular flexibility index (Phi) is 3.23. The minimum Gasteiger partial charge on any atom is -0.384 e. The first-order chi connectivity index (χ1) is 9.20. The summed E-state index contributed by atoms with van der Waals surface area (Å²) in [5.41, 5.74) is 6.58. The SMILES string of the molecule is Nc1cc(Cl)nc(Sc2ccc3cccnc3c2)n1. The Bertz CT molecular complexity index is 727. The Morgan fingerprint density at radius 2 is 2.00 bits per heavy atom. The van der Waals surface area contributed by atoms with Crippen molar-refractivity contribution in [2.24, 2.45) is 0 Å². The van der Waals surface area contributed by atoms with Crippen LogP contribution in [-0.2, 0) is 0 Å². The van der Waals surface area contributed by atoms with Crippen LogP contribution in [-0.4, -0.2) is 15.0 Å². The van der Waals surface area contributed by atoms with Crippen LogP contribution in [0.5, 0.6) is 0 Å². The maximum Gasteiger partial charge on any atom is 0.195 e. The van der Waals surface area contributed by atoms with Gasteiger partial charge in [0.05, 0.1) is 5.52 Å². The Labute approximate surface area is 119 Å². The van der Waals surface area contributed by atoms with Gasteiger partial charge in [-0.1, -0.05) is 23.7 Å². The highest BCUT2D eigenvalue weighted by Gasteiger charge is 2.05. The number of nitrogens with two attached hydrogens (primary N) is 1. The quantitative estimate of drug-likeness (QED) is 0.578. The second-order valence-corrected chi connectivity index (χ2v) is 5.29. The van der Waals surface area contributed by atoms with Crippen molar-refractivity contribution in [2.75, 3.05) is 5.73 Å². The van der Waals surface area contributed by atoms with Gasteiger partial charge in [-0.05, 0) is 30.0 Å². The van der Waals surface area contributed by atoms with Crippen LogP contribution >= 0.6 is 23.4 Å². The monoisotopic (exact) mass is 288 g/mol. The summed E-state index contributed by atoms with van der Waals surface area (Å²) in [6, 6.07) is 11.4. The van der Waals surface area contributed by atoms with E-state index in [1.54, 1.807) is 6.20 Å². The largest absolute Gasteiger partial charge is 0.384 e. The number of pyridine rings is 1. The van der Waals surface area contributed by atoms with E-state index in [9.17, 15) is 0 Å². The predicted octanol–water partition coefficient (Wildman–Crippen LogP) is 3.41. The fourth-order valence-corrected chi connectivity index (χ4v) is 2.73. The molecule has 0 amide bonds. The average Bonchev–Trinajstić information content (AvgIpc) is 2.37. The number of anilines is 1. The molecular formula is C13H9ClN4S. The zero-order valence-corrected chi connectivity index (χ0v) is 11.3. The number of hydrogen-bond acceptors (Lipinski definition) is 5. The van der Waals surface area contributed by atoms with Crippen LogP contribution < -0.4 is 5.73 Å². The highest BCUT2D eigenvalue weighted by molar-refractivity contribution is 7.99. The van der Waals surface area contributed by atoms with Crippen LogP contribution in [0.1, 0.15) is 0 Å². The second kappa shape index (κ2) is 5.03. The highest BCUT2D eigenvalue weighted by atomic mass is 35.5. The molecule has 0 saturated heterocycles. The van der Waals surface area contributed by atoms with Gasteiger partial charge in [-0.3, -0.25) is 4.98 Å². The molecule has 0 radical (unpaired) electrons. The molecule has 0 aliphatic rings. The third-order valence-corrected chi connectivity index (χ3v) is 3.53. The molecule has 0 atom stereocenters. The zero-order chi connectivity index (χ0) is 13.2. The summed E-state index contributed by atoms with van der Waals surface area (Å²) in [6.45, 7) is 0. The van der Waals surface area contributed by atoms with E-state index in [1.807, 2.05) is 30.3 Å². The maximum atomic E-state index is 5.85. The summed E-state index contributed by atoms with van der Waals surface area (Å²) in [5.74, 6) is 0.362. The van der Waals surface area contributed by atoms with Crippen molar-refractivity contribution in [3.63, 3.8) is 0 Å². The molecule has 0 spiro atoms. The number of rotatable bonds is 2. The Morgan fingerprint density at radius 1 is 1.11 bits per heavy atom. The van der Waals surface area contributed by atoms with Crippen molar-refractivity contribution < 1.29 is 0 Å². The molecule has 1 aromatic carbocycles. The van der Waals surface area contributed by atoms with Gasteiger partial charge < -0.3 is 5.73 Å². The average molecular weight is 289 g/mol. The number of nitrogens with zero attached hydrogens (tertiary/aromatic N) is 3. The number of halogens is 1. The molecule has 0 unspecified atom stereocenters. The van der Waals surface area contributed by atoms with Gasteiger partial charge in [-0.2, -0.15) is 0 Å². The van der Waals surface area contributed by atoms with Gasteiger partial charge >= 0.3 is 0 Å². The van der Waals surface area contributed by atoms with E-state index < -0.39 is 0 Å². The van der Waals surface area contributed by atoms with Gasteiger partial charge in [-0.25, -0.2) is 9.97 Å². The Hall–Kier alpha value is -1.85. The second-order valence-electron chi connectivity index (χ2n) is 3.86. The zero-order valence-electron chi connectivity index (χ0n) is 9.75. The third kappa shape index (κ3) is 2.77. The van der Waals surface area contributed by atoms with Crippen LogP contribution in [0.2, 0.25) is 5.15 Å². The molecule has 94 valence electrons. The summed E-state index contributed by atoms with van der Waals surface area (Å²) in [7, 11) is 0. The lowest BCUT2D eigenvalue weighted by atomic mass is 10.2. The standard InChI is InChI=1S/C13H9ClN4S/c14-11-7-12(15)18-13(17-11)19-9-4-3-8-2-1-5-16-10(8)6-9/h1-7H,(H2,15,17,18). The van der Waals surface area contributed by atoms with Crippen molar-refractivity contribution >= 4 is 40.1 Å². The molecule has 6 heteroatoms. The number of benzene rings is 1. The fourth-order valence-electron chi connectivity index (χ4n) is 1.67. The molecule has 0 saturated carbocycles. The lowest BCUT2D eigenvalue weighted by molar-refractivity contribution is 0.976. The van der Waals surface area contributed by atoms with E-state index in [-0.39, 0.29) is 0 Å².